The summed E-state index contributed by atoms with van der Waals surface area (Å²) < 4.78 is 31.9. The van der Waals surface area contributed by atoms with Crippen molar-refractivity contribution in [3.8, 4) is 0 Å². The normalized spacial score (nSPS) is 8.43. The van der Waals surface area contributed by atoms with Gasteiger partial charge in [0.25, 0.3) is 0 Å². The minimum atomic E-state index is -5.25. The second kappa shape index (κ2) is 16.3. The van der Waals surface area contributed by atoms with E-state index < -0.39 is 22.7 Å². The number of rotatable bonds is 0. The Balaban J connectivity index is -0.0000000178. The molecule has 0 aromatic rings. The van der Waals surface area contributed by atoms with Crippen LogP contribution in [0.5, 0.6) is 0 Å². The standard InChI is InChI=1S/Cr.H4O4Si.2H2O.2O.H3P.Sr.2Zn.2H/c;1-5(2,3)4;;;;;;;;;;/h;1-4H;2*1H2;;;1H3;;;;;/q+2;;;;;;;;;;;/p-2. The van der Waals surface area contributed by atoms with Crippen molar-refractivity contribution in [1.82, 2.24) is 0 Å². The van der Waals surface area contributed by atoms with E-state index in [0.717, 1.165) is 0 Å². The first-order valence-electron chi connectivity index (χ1n) is 1.59. The maximum atomic E-state index is 8.82. The van der Waals surface area contributed by atoms with Gasteiger partial charge in [-0.1, -0.05) is 0 Å². The quantitative estimate of drug-likeness (QED) is 0.153. The summed E-state index contributed by atoms with van der Waals surface area (Å²) in [5, 5.41) is 0. The van der Waals surface area contributed by atoms with Gasteiger partial charge in [-0.15, -0.1) is 0 Å². The number of hydrogen-bond acceptors (Lipinski definition) is 6. The summed E-state index contributed by atoms with van der Waals surface area (Å²) in [6, 6.07) is 0. The summed E-state index contributed by atoms with van der Waals surface area (Å²) in [4.78, 5) is 29.3. The molecule has 0 spiro atoms. The Bertz CT molecular complexity index is 162. The second-order valence-corrected chi connectivity index (χ2v) is 3.65. The van der Waals surface area contributed by atoms with Gasteiger partial charge < -0.3 is 19.2 Å². The fourth-order valence-electron chi connectivity index (χ4n) is 0. The summed E-state index contributed by atoms with van der Waals surface area (Å²) in [5.74, 6) is 0. The molecule has 1 unspecified atom stereocenters. The molecule has 0 aromatic carbocycles. The summed E-state index contributed by atoms with van der Waals surface area (Å²) >= 11 is -5.25. The van der Waals surface area contributed by atoms with Crippen LogP contribution in [0.4, 0.5) is 0 Å². The third-order valence-electron chi connectivity index (χ3n) is 0. The van der Waals surface area contributed by atoms with Crippen LogP contribution in [0.2, 0.25) is 0 Å². The molecule has 14 heteroatoms. The summed E-state index contributed by atoms with van der Waals surface area (Å²) in [7, 11) is -4.61. The molecule has 80 valence electrons. The molecule has 0 aliphatic heterocycles. The van der Waals surface area contributed by atoms with Crippen LogP contribution in [-0.2, 0) is 60.2 Å². The summed E-state index contributed by atoms with van der Waals surface area (Å²) in [6.07, 6.45) is 0. The largest absolute Gasteiger partial charge is 0 e. The SMILES string of the molecule is O[Si](O)(O)O.P.[O]=[Cr](=[O])([OH])[OH].[SrH2].[Zn].[Zn]. The minimum absolute atomic E-state index is 0. The van der Waals surface area contributed by atoms with Crippen LogP contribution < -0.4 is 0 Å². The van der Waals surface area contributed by atoms with Crippen molar-refractivity contribution in [2.45, 2.75) is 0 Å². The Morgan fingerprint density at radius 2 is 0.857 bits per heavy atom. The molecule has 0 aliphatic carbocycles. The summed E-state index contributed by atoms with van der Waals surface area (Å²) in [6.45, 7) is 0. The van der Waals surface area contributed by atoms with Gasteiger partial charge in [-0.25, -0.2) is 0 Å². The minimum Gasteiger partial charge on any atom is 0 e. The van der Waals surface area contributed by atoms with Gasteiger partial charge in [-0.05, 0) is 0 Å². The first kappa shape index (κ1) is 36.0. The molecule has 14 heavy (non-hydrogen) atoms. The van der Waals surface area contributed by atoms with E-state index >= 15 is 0 Å². The van der Waals surface area contributed by atoms with Gasteiger partial charge in [0.05, 0.1) is 0 Å². The van der Waals surface area contributed by atoms with Gasteiger partial charge in [-0.3, -0.25) is 0 Å². The Hall–Kier alpha value is 3.27. The predicted octanol–water partition coefficient (Wildman–Crippen LogP) is -4.83. The van der Waals surface area contributed by atoms with E-state index in [1.165, 1.54) is 0 Å². The Morgan fingerprint density at radius 1 is 0.857 bits per heavy atom. The molecule has 0 saturated carbocycles. The molecule has 0 radical (unpaired) electrons. The molecule has 0 aromatic heterocycles. The van der Waals surface area contributed by atoms with Crippen molar-refractivity contribution in [3.05, 3.63) is 0 Å². The average Bonchev–Trinajstić information content (AvgIpc) is 1.12. The van der Waals surface area contributed by atoms with Gasteiger partial charge in [0.1, 0.15) is 0 Å². The predicted molar refractivity (Wildman–Crippen MR) is 40.1 cm³/mol. The fourth-order valence-corrected chi connectivity index (χ4v) is 0. The molecule has 0 saturated heterocycles. The molecule has 0 heterocycles. The van der Waals surface area contributed by atoms with Crippen molar-refractivity contribution in [3.63, 3.8) is 0 Å². The van der Waals surface area contributed by atoms with Gasteiger partial charge in [-0.2, -0.15) is 9.90 Å². The van der Waals surface area contributed by atoms with Gasteiger partial charge in [0.2, 0.25) is 0 Å². The number of hydrogen-bond donors (Lipinski definition) is 6. The maximum Gasteiger partial charge on any atom is 0 e. The van der Waals surface area contributed by atoms with Crippen LogP contribution in [0, 0.1) is 0 Å². The van der Waals surface area contributed by atoms with Crippen molar-refractivity contribution < 1.29 is 87.7 Å². The van der Waals surface area contributed by atoms with Crippen molar-refractivity contribution >= 4 is 64.4 Å². The van der Waals surface area contributed by atoms with E-state index in [2.05, 4.69) is 0 Å². The van der Waals surface area contributed by atoms with Gasteiger partial charge in [0, 0.05) is 39.0 Å². The van der Waals surface area contributed by atoms with E-state index in [0.29, 0.717) is 0 Å². The zero-order chi connectivity index (χ0) is 9.00. The zero-order valence-electron chi connectivity index (χ0n) is 6.53. The fraction of sp³-hybridized carbons (Fsp3) is 0. The Morgan fingerprint density at radius 3 is 0.857 bits per heavy atom. The average molecular weight is 469 g/mol. The van der Waals surface area contributed by atoms with Gasteiger partial charge in [0.15, 0.2) is 0 Å². The molecule has 0 rings (SSSR count). The Kier molecular flexibility index (Phi) is 41.8. The molecular formula is H11CrO8PSiSrZn2. The van der Waals surface area contributed by atoms with E-state index in [1.54, 1.807) is 0 Å². The van der Waals surface area contributed by atoms with Crippen LogP contribution >= 0.6 is 9.90 Å². The molecule has 6 N–H and O–H groups in total. The zero-order valence-corrected chi connectivity index (χ0v) is 16.2. The topological polar surface area (TPSA) is 156 Å². The van der Waals surface area contributed by atoms with Crippen LogP contribution in [0.3, 0.4) is 0 Å². The molecular weight excluding hydrogens is 457 g/mol. The molecule has 0 bridgehead atoms. The maximum absolute atomic E-state index is 8.82. The Labute approximate surface area is 149 Å². The monoisotopic (exact) mass is 466 g/mol. The van der Waals surface area contributed by atoms with E-state index in [9.17, 15) is 0 Å². The molecule has 8 nitrogen and oxygen atoms in total. The van der Waals surface area contributed by atoms with Crippen molar-refractivity contribution in [1.29, 1.82) is 0 Å². The van der Waals surface area contributed by atoms with Gasteiger partial charge >= 0.3 is 84.1 Å². The van der Waals surface area contributed by atoms with Crippen LogP contribution in [0.15, 0.2) is 0 Å². The van der Waals surface area contributed by atoms with Crippen LogP contribution in [0.25, 0.3) is 0 Å². The van der Waals surface area contributed by atoms with Crippen LogP contribution in [0.1, 0.15) is 0 Å². The van der Waals surface area contributed by atoms with E-state index in [4.69, 9.17) is 35.1 Å². The van der Waals surface area contributed by atoms with Crippen molar-refractivity contribution in [2.75, 3.05) is 0 Å². The third kappa shape index (κ3) is 291. The molecule has 0 fully saturated rings. The molecule has 0 amide bonds. The summed E-state index contributed by atoms with van der Waals surface area (Å²) in [5.41, 5.74) is 0. The smallest absolute Gasteiger partial charge is 0 e. The first-order chi connectivity index (χ1) is 4.00. The second-order valence-electron chi connectivity index (χ2n) is 1.05. The van der Waals surface area contributed by atoms with Crippen LogP contribution in [-0.4, -0.2) is 82.0 Å². The van der Waals surface area contributed by atoms with Crippen molar-refractivity contribution in [2.24, 2.45) is 0 Å². The first-order valence-corrected chi connectivity index (χ1v) is 5.56. The molecule has 0 aliphatic rings. The van der Waals surface area contributed by atoms with E-state index in [-0.39, 0.29) is 94.3 Å². The van der Waals surface area contributed by atoms with E-state index in [1.807, 2.05) is 0 Å². The molecule has 1 atom stereocenters. The third-order valence-corrected chi connectivity index (χ3v) is 0.